The van der Waals surface area contributed by atoms with Gasteiger partial charge in [-0.2, -0.15) is 0 Å². The third kappa shape index (κ3) is 62.8. The Balaban J connectivity index is 4.22. The van der Waals surface area contributed by atoms with Crippen molar-refractivity contribution in [2.24, 2.45) is 0 Å². The molecule has 3 atom stereocenters. The highest BCUT2D eigenvalue weighted by molar-refractivity contribution is 7.47. The van der Waals surface area contributed by atoms with Gasteiger partial charge >= 0.3 is 7.82 Å². The fraction of sp³-hybridized carbons (Fsp3) is 0.732. The fourth-order valence-corrected chi connectivity index (χ4v) is 10.1. The van der Waals surface area contributed by atoms with Crippen molar-refractivity contribution in [2.45, 2.75) is 296 Å². The fourth-order valence-electron chi connectivity index (χ4n) is 9.35. The summed E-state index contributed by atoms with van der Waals surface area (Å²) in [4.78, 5) is 23.4. The van der Waals surface area contributed by atoms with Crippen molar-refractivity contribution in [1.82, 2.24) is 5.32 Å². The van der Waals surface area contributed by atoms with E-state index >= 15 is 0 Å². The number of amides is 1. The Labute approximate surface area is 495 Å². The summed E-state index contributed by atoms with van der Waals surface area (Å²) in [6.07, 6.45) is 89.3. The first kappa shape index (κ1) is 77.2. The Morgan fingerprint density at radius 3 is 1.10 bits per heavy atom. The summed E-state index contributed by atoms with van der Waals surface area (Å²) in [6.45, 7) is 4.70. The smallest absolute Gasteiger partial charge is 0.387 e. The summed E-state index contributed by atoms with van der Waals surface area (Å²) >= 11 is 0. The molecule has 3 N–H and O–H groups in total. The maximum absolute atomic E-state index is 13.0. The second-order valence-electron chi connectivity index (χ2n) is 23.5. The quantitative estimate of drug-likeness (QED) is 0.0243. The molecule has 0 aliphatic rings. The lowest BCUT2D eigenvalue weighted by molar-refractivity contribution is -0.870. The Morgan fingerprint density at radius 1 is 0.438 bits per heavy atom. The summed E-state index contributed by atoms with van der Waals surface area (Å²) < 4.78 is 23.8. The number of unbranched alkanes of at least 4 members (excludes halogenated alkanes) is 31. The van der Waals surface area contributed by atoms with Crippen LogP contribution in [0.5, 0.6) is 0 Å². The van der Waals surface area contributed by atoms with Crippen LogP contribution in [0.25, 0.3) is 0 Å². The van der Waals surface area contributed by atoms with Gasteiger partial charge in [0.15, 0.2) is 0 Å². The Kier molecular flexibility index (Phi) is 58.6. The molecule has 0 aromatic heterocycles. The van der Waals surface area contributed by atoms with Crippen LogP contribution in [0, 0.1) is 0 Å². The lowest BCUT2D eigenvalue weighted by Gasteiger charge is -2.25. The van der Waals surface area contributed by atoms with Crippen molar-refractivity contribution in [1.29, 1.82) is 0 Å². The van der Waals surface area contributed by atoms with Crippen LogP contribution in [0.3, 0.4) is 0 Å². The average molecular weight is 1140 g/mol. The van der Waals surface area contributed by atoms with Crippen LogP contribution in [0.15, 0.2) is 109 Å². The first-order valence-corrected chi connectivity index (χ1v) is 34.8. The summed E-state index contributed by atoms with van der Waals surface area (Å²) in [6, 6.07) is -0.871. The summed E-state index contributed by atoms with van der Waals surface area (Å²) in [5, 5.41) is 14.0. The molecule has 0 fully saturated rings. The Bertz CT molecular complexity index is 1670. The zero-order valence-corrected chi connectivity index (χ0v) is 53.7. The minimum absolute atomic E-state index is 0.0506. The highest BCUT2D eigenvalue weighted by Crippen LogP contribution is 2.43. The van der Waals surface area contributed by atoms with Gasteiger partial charge < -0.3 is 19.8 Å². The van der Waals surface area contributed by atoms with Gasteiger partial charge in [-0.25, -0.2) is 4.57 Å². The standard InChI is InChI=1S/C71H127N2O6P/c1-6-8-10-12-14-16-18-20-22-24-26-28-30-32-34-36-38-40-42-44-46-48-50-52-54-56-58-60-62-64-70(74)69(68-79-80(76,77)78-67-66-73(3,4)5)72-71(75)65-63-61-59-57-55-53-51-49-47-45-43-41-39-37-35-33-31-29-27-25-23-21-19-17-15-13-11-9-7-2/h9,11,15,17,21,23,27,29,33,35,39,41,45,47,51,53,62,64,69-70,74H,6-8,10,12-14,16,18-20,22,24-26,28,30-32,34,36-38,40,42-44,46,48-50,52,54-61,63,65-68H2,1-5H3,(H-,72,75,76,77)/p+1/b11-9-,17-15-,23-21-,29-27-,35-33-,41-39-,47-45-,53-51-,64-62+. The van der Waals surface area contributed by atoms with Crippen molar-refractivity contribution < 1.29 is 32.9 Å². The number of phosphoric ester groups is 1. The van der Waals surface area contributed by atoms with Crippen LogP contribution in [-0.2, 0) is 18.4 Å². The number of nitrogens with zero attached hydrogens (tertiary/aromatic N) is 1. The largest absolute Gasteiger partial charge is 0.472 e. The number of carbonyl (C=O) groups excluding carboxylic acids is 1. The van der Waals surface area contributed by atoms with E-state index in [2.05, 4.69) is 116 Å². The SMILES string of the molecule is CC/C=C\C/C=C\C/C=C\C/C=C\C/C=C\C/C=C\C/C=C\C/C=C\CCCCCCC(=O)NC(COP(=O)(O)OCC[N+](C)(C)C)C(O)/C=C/CCCCCCCCCCCCCCCCCCCCCCCCCCCCC. The highest BCUT2D eigenvalue weighted by Gasteiger charge is 2.28. The molecule has 0 aromatic rings. The van der Waals surface area contributed by atoms with Crippen molar-refractivity contribution in [3.05, 3.63) is 109 Å². The molecule has 0 radical (unpaired) electrons. The molecule has 0 bridgehead atoms. The predicted octanol–water partition coefficient (Wildman–Crippen LogP) is 21.1. The highest BCUT2D eigenvalue weighted by atomic mass is 31.2. The van der Waals surface area contributed by atoms with Crippen LogP contribution >= 0.6 is 7.82 Å². The molecule has 0 spiro atoms. The topological polar surface area (TPSA) is 105 Å². The van der Waals surface area contributed by atoms with Crippen molar-refractivity contribution in [3.8, 4) is 0 Å². The summed E-state index contributed by atoms with van der Waals surface area (Å²) in [5.41, 5.74) is 0. The van der Waals surface area contributed by atoms with Crippen LogP contribution < -0.4 is 5.32 Å². The molecular formula is C71H128N2O6P+. The van der Waals surface area contributed by atoms with Crippen LogP contribution in [-0.4, -0.2) is 73.4 Å². The van der Waals surface area contributed by atoms with E-state index in [0.717, 1.165) is 103 Å². The van der Waals surface area contributed by atoms with Gasteiger partial charge in [-0.15, -0.1) is 0 Å². The number of aliphatic hydroxyl groups excluding tert-OH is 1. The van der Waals surface area contributed by atoms with Gasteiger partial charge in [-0.1, -0.05) is 303 Å². The summed E-state index contributed by atoms with van der Waals surface area (Å²) in [5.74, 6) is -0.203. The molecule has 0 saturated carbocycles. The minimum Gasteiger partial charge on any atom is -0.387 e. The predicted molar refractivity (Wildman–Crippen MR) is 350 cm³/mol. The molecule has 0 saturated heterocycles. The molecule has 80 heavy (non-hydrogen) atoms. The molecule has 3 unspecified atom stereocenters. The number of carbonyl (C=O) groups is 1. The number of likely N-dealkylation sites (N-methyl/N-ethyl adjacent to an activating group) is 1. The molecule has 0 aromatic carbocycles. The molecule has 0 aliphatic carbocycles. The number of rotatable bonds is 60. The number of quaternary nitrogens is 1. The van der Waals surface area contributed by atoms with E-state index in [1.807, 2.05) is 27.2 Å². The second kappa shape index (κ2) is 60.7. The van der Waals surface area contributed by atoms with E-state index < -0.39 is 20.0 Å². The minimum atomic E-state index is -4.37. The van der Waals surface area contributed by atoms with Gasteiger partial charge in [-0.3, -0.25) is 13.8 Å². The van der Waals surface area contributed by atoms with Crippen molar-refractivity contribution in [2.75, 3.05) is 40.9 Å². The van der Waals surface area contributed by atoms with Gasteiger partial charge in [0.05, 0.1) is 39.9 Å². The zero-order chi connectivity index (χ0) is 58.4. The molecule has 0 heterocycles. The number of hydrogen-bond donors (Lipinski definition) is 3. The van der Waals surface area contributed by atoms with E-state index in [4.69, 9.17) is 9.05 Å². The van der Waals surface area contributed by atoms with Crippen molar-refractivity contribution >= 4 is 13.7 Å². The zero-order valence-electron chi connectivity index (χ0n) is 52.8. The van der Waals surface area contributed by atoms with Crippen LogP contribution in [0.2, 0.25) is 0 Å². The van der Waals surface area contributed by atoms with Gasteiger partial charge in [0.25, 0.3) is 0 Å². The van der Waals surface area contributed by atoms with E-state index in [-0.39, 0.29) is 19.1 Å². The molecular weight excluding hydrogens is 1010 g/mol. The number of nitrogens with one attached hydrogen (secondary N) is 1. The molecule has 0 aliphatic heterocycles. The third-order valence-corrected chi connectivity index (χ3v) is 15.5. The maximum atomic E-state index is 13.0. The van der Waals surface area contributed by atoms with Crippen LogP contribution in [0.4, 0.5) is 0 Å². The number of aliphatic hydroxyl groups is 1. The van der Waals surface area contributed by atoms with Gasteiger partial charge in [0.1, 0.15) is 13.2 Å². The first-order chi connectivity index (χ1) is 39.0. The lowest BCUT2D eigenvalue weighted by atomic mass is 10.0. The second-order valence-corrected chi connectivity index (χ2v) is 24.9. The van der Waals surface area contributed by atoms with E-state index in [1.54, 1.807) is 6.08 Å². The Hall–Kier alpha value is -2.84. The molecule has 1 amide bonds. The van der Waals surface area contributed by atoms with E-state index in [0.29, 0.717) is 17.4 Å². The molecule has 0 rings (SSSR count). The van der Waals surface area contributed by atoms with E-state index in [1.165, 1.54) is 161 Å². The van der Waals surface area contributed by atoms with Crippen molar-refractivity contribution in [3.63, 3.8) is 0 Å². The number of allylic oxidation sites excluding steroid dienone is 17. The number of phosphoric acid groups is 1. The monoisotopic (exact) mass is 1140 g/mol. The van der Waals surface area contributed by atoms with E-state index in [9.17, 15) is 19.4 Å². The van der Waals surface area contributed by atoms with Crippen LogP contribution in [0.1, 0.15) is 284 Å². The maximum Gasteiger partial charge on any atom is 0.472 e. The molecule has 9 heteroatoms. The third-order valence-electron chi connectivity index (χ3n) is 14.5. The normalized spacial score (nSPS) is 14.4. The van der Waals surface area contributed by atoms with Gasteiger partial charge in [0.2, 0.25) is 5.91 Å². The van der Waals surface area contributed by atoms with Gasteiger partial charge in [-0.05, 0) is 83.5 Å². The summed E-state index contributed by atoms with van der Waals surface area (Å²) in [7, 11) is 1.54. The Morgan fingerprint density at radius 2 is 0.750 bits per heavy atom. The van der Waals surface area contributed by atoms with Gasteiger partial charge in [0, 0.05) is 6.42 Å². The molecule has 8 nitrogen and oxygen atoms in total. The first-order valence-electron chi connectivity index (χ1n) is 33.3. The lowest BCUT2D eigenvalue weighted by Crippen LogP contribution is -2.45. The average Bonchev–Trinajstić information content (AvgIpc) is 3.42. The molecule has 462 valence electrons. The number of hydrogen-bond acceptors (Lipinski definition) is 5.